The van der Waals surface area contributed by atoms with E-state index in [1.54, 1.807) is 0 Å². The minimum atomic E-state index is 0.304. The minimum absolute atomic E-state index is 0.304. The molecule has 1 aromatic rings. The van der Waals surface area contributed by atoms with Crippen LogP contribution in [-0.4, -0.2) is 0 Å². The topological polar surface area (TPSA) is 13.1 Å². The highest BCUT2D eigenvalue weighted by Gasteiger charge is 2.51. The molecule has 88 valence electrons. The molecule has 2 aliphatic carbocycles. The number of aryl methyl sites for hydroxylation is 1. The van der Waals surface area contributed by atoms with Crippen LogP contribution in [0.3, 0.4) is 0 Å². The van der Waals surface area contributed by atoms with Crippen LogP contribution in [0, 0.1) is 11.3 Å². The summed E-state index contributed by atoms with van der Waals surface area (Å²) >= 11 is 0. The second-order valence-electron chi connectivity index (χ2n) is 6.63. The monoisotopic (exact) mass is 218 g/mol. The molecule has 1 heteroatoms. The lowest BCUT2D eigenvalue weighted by atomic mass is 9.52. The molecule has 0 N–H and O–H groups in total. The Bertz CT molecular complexity index is 401. The molecular weight excluding hydrogens is 196 g/mol. The van der Waals surface area contributed by atoms with Crippen molar-refractivity contribution < 1.29 is 4.42 Å². The van der Waals surface area contributed by atoms with Crippen molar-refractivity contribution in [3.63, 3.8) is 0 Å². The van der Waals surface area contributed by atoms with Crippen molar-refractivity contribution >= 4 is 0 Å². The fourth-order valence-corrected chi connectivity index (χ4v) is 4.44. The first-order valence-electron chi connectivity index (χ1n) is 6.61. The maximum Gasteiger partial charge on any atom is 0.113 e. The lowest BCUT2D eigenvalue weighted by Gasteiger charge is -2.52. The molecular formula is C15H22O. The second kappa shape index (κ2) is 3.15. The van der Waals surface area contributed by atoms with E-state index in [4.69, 9.17) is 4.42 Å². The molecule has 0 aliphatic heterocycles. The third kappa shape index (κ3) is 1.23. The molecule has 2 atom stereocenters. The Morgan fingerprint density at radius 2 is 2.06 bits per heavy atom. The molecule has 1 heterocycles. The van der Waals surface area contributed by atoms with E-state index in [1.807, 2.05) is 6.26 Å². The quantitative estimate of drug-likeness (QED) is 0.632. The van der Waals surface area contributed by atoms with E-state index < -0.39 is 0 Å². The highest BCUT2D eigenvalue weighted by molar-refractivity contribution is 5.31. The Morgan fingerprint density at radius 3 is 2.88 bits per heavy atom. The molecule has 1 saturated carbocycles. The van der Waals surface area contributed by atoms with E-state index in [-0.39, 0.29) is 0 Å². The molecule has 3 rings (SSSR count). The summed E-state index contributed by atoms with van der Waals surface area (Å²) < 4.78 is 5.82. The van der Waals surface area contributed by atoms with E-state index in [2.05, 4.69) is 26.8 Å². The molecule has 2 aliphatic rings. The average Bonchev–Trinajstić information content (AvgIpc) is 2.65. The van der Waals surface area contributed by atoms with E-state index >= 15 is 0 Å². The zero-order chi connectivity index (χ0) is 11.4. The summed E-state index contributed by atoms with van der Waals surface area (Å²) in [6.45, 7) is 7.33. The van der Waals surface area contributed by atoms with Crippen LogP contribution in [-0.2, 0) is 11.8 Å². The highest BCUT2D eigenvalue weighted by atomic mass is 16.3. The normalized spacial score (nSPS) is 36.6. The lowest BCUT2D eigenvalue weighted by molar-refractivity contribution is 0.0271. The predicted molar refractivity (Wildman–Crippen MR) is 65.5 cm³/mol. The van der Waals surface area contributed by atoms with Crippen molar-refractivity contribution in [3.05, 3.63) is 23.7 Å². The van der Waals surface area contributed by atoms with Gasteiger partial charge in [-0.15, -0.1) is 0 Å². The summed E-state index contributed by atoms with van der Waals surface area (Å²) in [5, 5.41) is 0. The van der Waals surface area contributed by atoms with Gasteiger partial charge in [0.05, 0.1) is 6.26 Å². The summed E-state index contributed by atoms with van der Waals surface area (Å²) in [7, 11) is 0. The van der Waals surface area contributed by atoms with Gasteiger partial charge in [0, 0.05) is 5.41 Å². The first kappa shape index (κ1) is 10.4. The molecule has 0 amide bonds. The van der Waals surface area contributed by atoms with E-state index in [0.717, 1.165) is 5.92 Å². The maximum atomic E-state index is 5.82. The van der Waals surface area contributed by atoms with Crippen LogP contribution in [0.15, 0.2) is 16.7 Å². The SMILES string of the molecule is CC1(C)CCC[C@]2(C)c3occc3CC[C@H]12. The third-order valence-corrected chi connectivity index (χ3v) is 5.20. The van der Waals surface area contributed by atoms with Gasteiger partial charge in [0.1, 0.15) is 5.76 Å². The van der Waals surface area contributed by atoms with Gasteiger partial charge < -0.3 is 4.42 Å². The highest BCUT2D eigenvalue weighted by Crippen LogP contribution is 2.57. The van der Waals surface area contributed by atoms with Crippen LogP contribution in [0.1, 0.15) is 57.8 Å². The first-order chi connectivity index (χ1) is 7.54. The maximum absolute atomic E-state index is 5.82. The minimum Gasteiger partial charge on any atom is -0.468 e. The van der Waals surface area contributed by atoms with Crippen LogP contribution in [0.2, 0.25) is 0 Å². The number of hydrogen-bond donors (Lipinski definition) is 0. The second-order valence-corrected chi connectivity index (χ2v) is 6.63. The Balaban J connectivity index is 2.09. The van der Waals surface area contributed by atoms with Crippen LogP contribution >= 0.6 is 0 Å². The van der Waals surface area contributed by atoms with Crippen molar-refractivity contribution in [1.82, 2.24) is 0 Å². The van der Waals surface area contributed by atoms with E-state index in [9.17, 15) is 0 Å². The molecule has 0 spiro atoms. The predicted octanol–water partition coefficient (Wildman–Crippen LogP) is 4.31. The molecule has 16 heavy (non-hydrogen) atoms. The smallest absolute Gasteiger partial charge is 0.113 e. The van der Waals surface area contributed by atoms with Crippen molar-refractivity contribution in [1.29, 1.82) is 0 Å². The molecule has 0 radical (unpaired) electrons. The number of furan rings is 1. The summed E-state index contributed by atoms with van der Waals surface area (Å²) in [5.41, 5.74) is 2.26. The standard InChI is InChI=1S/C15H22O/c1-14(2)8-4-9-15(3)12(14)6-5-11-7-10-16-13(11)15/h7,10,12H,4-6,8-9H2,1-3H3/t12-,15+/m1/s1. The summed E-state index contributed by atoms with van der Waals surface area (Å²) in [5.74, 6) is 2.10. The van der Waals surface area contributed by atoms with Crippen molar-refractivity contribution in [3.8, 4) is 0 Å². The molecule has 0 bridgehead atoms. The Labute approximate surface area is 98.2 Å². The van der Waals surface area contributed by atoms with E-state index in [1.165, 1.54) is 43.4 Å². The van der Waals surface area contributed by atoms with Crippen molar-refractivity contribution in [2.75, 3.05) is 0 Å². The fraction of sp³-hybridized carbons (Fsp3) is 0.733. The van der Waals surface area contributed by atoms with Gasteiger partial charge in [-0.25, -0.2) is 0 Å². The van der Waals surface area contributed by atoms with Gasteiger partial charge in [0.15, 0.2) is 0 Å². The van der Waals surface area contributed by atoms with Crippen molar-refractivity contribution in [2.45, 2.75) is 58.3 Å². The molecule has 1 fully saturated rings. The molecule has 1 aromatic heterocycles. The summed E-state index contributed by atoms with van der Waals surface area (Å²) in [6.07, 6.45) is 8.48. The van der Waals surface area contributed by atoms with Gasteiger partial charge in [-0.05, 0) is 48.6 Å². The Kier molecular flexibility index (Phi) is 2.05. The number of rotatable bonds is 0. The number of hydrogen-bond acceptors (Lipinski definition) is 1. The largest absolute Gasteiger partial charge is 0.468 e. The third-order valence-electron chi connectivity index (χ3n) is 5.20. The molecule has 0 unspecified atom stereocenters. The summed E-state index contributed by atoms with van der Waals surface area (Å²) in [4.78, 5) is 0. The van der Waals surface area contributed by atoms with Gasteiger partial charge in [0.25, 0.3) is 0 Å². The molecule has 1 nitrogen and oxygen atoms in total. The fourth-order valence-electron chi connectivity index (χ4n) is 4.44. The zero-order valence-electron chi connectivity index (χ0n) is 10.7. The zero-order valence-corrected chi connectivity index (χ0v) is 10.7. The Hall–Kier alpha value is -0.720. The van der Waals surface area contributed by atoms with Gasteiger partial charge in [-0.2, -0.15) is 0 Å². The van der Waals surface area contributed by atoms with Crippen molar-refractivity contribution in [2.24, 2.45) is 11.3 Å². The van der Waals surface area contributed by atoms with Crippen LogP contribution in [0.5, 0.6) is 0 Å². The van der Waals surface area contributed by atoms with Gasteiger partial charge in [-0.1, -0.05) is 27.2 Å². The van der Waals surface area contributed by atoms with Crippen LogP contribution < -0.4 is 0 Å². The van der Waals surface area contributed by atoms with Crippen LogP contribution in [0.4, 0.5) is 0 Å². The van der Waals surface area contributed by atoms with E-state index in [0.29, 0.717) is 10.8 Å². The van der Waals surface area contributed by atoms with Gasteiger partial charge in [0.2, 0.25) is 0 Å². The summed E-state index contributed by atoms with van der Waals surface area (Å²) in [6, 6.07) is 2.18. The number of fused-ring (bicyclic) bond motifs is 3. The Morgan fingerprint density at radius 1 is 1.25 bits per heavy atom. The molecule has 0 aromatic carbocycles. The molecule has 0 saturated heterocycles. The lowest BCUT2D eigenvalue weighted by Crippen LogP contribution is -2.47. The van der Waals surface area contributed by atoms with Crippen LogP contribution in [0.25, 0.3) is 0 Å². The van der Waals surface area contributed by atoms with Gasteiger partial charge >= 0.3 is 0 Å². The van der Waals surface area contributed by atoms with Gasteiger partial charge in [-0.3, -0.25) is 0 Å². The first-order valence-corrected chi connectivity index (χ1v) is 6.61. The average molecular weight is 218 g/mol.